The predicted molar refractivity (Wildman–Crippen MR) is 86.5 cm³/mol. The summed E-state index contributed by atoms with van der Waals surface area (Å²) in [6.07, 6.45) is 6.21. The minimum atomic E-state index is 0.293. The second-order valence-electron chi connectivity index (χ2n) is 6.44. The molecule has 0 aromatic carbocycles. The SMILES string of the molecule is CC(C)CCN(CCC(C)C)C(CN)c1cccnc1. The summed E-state index contributed by atoms with van der Waals surface area (Å²) in [5, 5.41) is 0. The van der Waals surface area contributed by atoms with Gasteiger partial charge in [-0.25, -0.2) is 0 Å². The average molecular weight is 277 g/mol. The lowest BCUT2D eigenvalue weighted by molar-refractivity contribution is 0.180. The van der Waals surface area contributed by atoms with Crippen LogP contribution in [0.25, 0.3) is 0 Å². The van der Waals surface area contributed by atoms with E-state index in [1.54, 1.807) is 0 Å². The number of nitrogens with two attached hydrogens (primary N) is 1. The van der Waals surface area contributed by atoms with Gasteiger partial charge in [0.1, 0.15) is 0 Å². The maximum atomic E-state index is 6.05. The number of aromatic nitrogens is 1. The third-order valence-corrected chi connectivity index (χ3v) is 3.72. The van der Waals surface area contributed by atoms with E-state index in [0.29, 0.717) is 12.6 Å². The first-order valence-corrected chi connectivity index (χ1v) is 7.88. The zero-order chi connectivity index (χ0) is 15.0. The molecule has 0 aliphatic heterocycles. The molecule has 0 saturated carbocycles. The summed E-state index contributed by atoms with van der Waals surface area (Å²) in [5.41, 5.74) is 7.29. The van der Waals surface area contributed by atoms with Crippen LogP contribution >= 0.6 is 0 Å². The molecule has 2 N–H and O–H groups in total. The molecular formula is C17H31N3. The first kappa shape index (κ1) is 17.1. The van der Waals surface area contributed by atoms with E-state index in [2.05, 4.69) is 43.6 Å². The molecule has 1 aromatic heterocycles. The van der Waals surface area contributed by atoms with Crippen LogP contribution in [0, 0.1) is 11.8 Å². The molecule has 1 aromatic rings. The Labute approximate surface area is 124 Å². The van der Waals surface area contributed by atoms with Crippen molar-refractivity contribution in [2.75, 3.05) is 19.6 Å². The van der Waals surface area contributed by atoms with Crippen molar-refractivity contribution in [3.05, 3.63) is 30.1 Å². The van der Waals surface area contributed by atoms with Crippen molar-refractivity contribution in [1.29, 1.82) is 0 Å². The van der Waals surface area contributed by atoms with E-state index in [1.807, 2.05) is 18.5 Å². The summed E-state index contributed by atoms with van der Waals surface area (Å²) < 4.78 is 0. The van der Waals surface area contributed by atoms with Crippen LogP contribution in [0.15, 0.2) is 24.5 Å². The standard InChI is InChI=1S/C17H31N3/c1-14(2)7-10-20(11-8-15(3)4)17(12-18)16-6-5-9-19-13-16/h5-6,9,13-15,17H,7-8,10-12,18H2,1-4H3. The molecule has 0 radical (unpaired) electrons. The highest BCUT2D eigenvalue weighted by Crippen LogP contribution is 2.21. The number of nitrogens with zero attached hydrogens (tertiary/aromatic N) is 2. The zero-order valence-electron chi connectivity index (χ0n) is 13.5. The third-order valence-electron chi connectivity index (χ3n) is 3.72. The van der Waals surface area contributed by atoms with Gasteiger partial charge in [0.05, 0.1) is 0 Å². The van der Waals surface area contributed by atoms with Gasteiger partial charge in [-0.05, 0) is 49.4 Å². The van der Waals surface area contributed by atoms with Gasteiger partial charge in [-0.3, -0.25) is 9.88 Å². The summed E-state index contributed by atoms with van der Waals surface area (Å²) in [7, 11) is 0. The maximum absolute atomic E-state index is 6.05. The number of rotatable bonds is 9. The van der Waals surface area contributed by atoms with Crippen LogP contribution in [-0.4, -0.2) is 29.5 Å². The summed E-state index contributed by atoms with van der Waals surface area (Å²) in [6, 6.07) is 4.43. The third kappa shape index (κ3) is 6.02. The molecule has 1 rings (SSSR count). The van der Waals surface area contributed by atoms with Crippen molar-refractivity contribution in [3.8, 4) is 0 Å². The van der Waals surface area contributed by atoms with Gasteiger partial charge in [-0.1, -0.05) is 33.8 Å². The Morgan fingerprint density at radius 1 is 1.10 bits per heavy atom. The quantitative estimate of drug-likeness (QED) is 0.751. The maximum Gasteiger partial charge on any atom is 0.0485 e. The molecule has 3 nitrogen and oxygen atoms in total. The molecular weight excluding hydrogens is 246 g/mol. The van der Waals surface area contributed by atoms with Crippen molar-refractivity contribution in [2.24, 2.45) is 17.6 Å². The Bertz CT molecular complexity index is 337. The number of pyridine rings is 1. The molecule has 0 saturated heterocycles. The molecule has 0 aliphatic carbocycles. The van der Waals surface area contributed by atoms with Crippen LogP contribution < -0.4 is 5.73 Å². The fourth-order valence-electron chi connectivity index (χ4n) is 2.34. The van der Waals surface area contributed by atoms with Crippen LogP contribution in [0.3, 0.4) is 0 Å². The Morgan fingerprint density at radius 2 is 1.70 bits per heavy atom. The molecule has 0 amide bonds. The fraction of sp³-hybridized carbons (Fsp3) is 0.706. The molecule has 20 heavy (non-hydrogen) atoms. The first-order chi connectivity index (χ1) is 9.54. The smallest absolute Gasteiger partial charge is 0.0485 e. The summed E-state index contributed by atoms with van der Waals surface area (Å²) in [5.74, 6) is 1.45. The molecule has 1 unspecified atom stereocenters. The zero-order valence-corrected chi connectivity index (χ0v) is 13.5. The van der Waals surface area contributed by atoms with E-state index in [4.69, 9.17) is 5.73 Å². The molecule has 1 atom stereocenters. The molecule has 0 spiro atoms. The molecule has 0 fully saturated rings. The first-order valence-electron chi connectivity index (χ1n) is 7.88. The minimum Gasteiger partial charge on any atom is -0.329 e. The van der Waals surface area contributed by atoms with E-state index < -0.39 is 0 Å². The van der Waals surface area contributed by atoms with Crippen LogP contribution in [0.4, 0.5) is 0 Å². The minimum absolute atomic E-state index is 0.293. The van der Waals surface area contributed by atoms with Crippen molar-refractivity contribution in [2.45, 2.75) is 46.6 Å². The summed E-state index contributed by atoms with van der Waals surface area (Å²) >= 11 is 0. The van der Waals surface area contributed by atoms with Crippen LogP contribution in [0.5, 0.6) is 0 Å². The van der Waals surface area contributed by atoms with Crippen molar-refractivity contribution >= 4 is 0 Å². The van der Waals surface area contributed by atoms with E-state index in [-0.39, 0.29) is 0 Å². The Hall–Kier alpha value is -0.930. The van der Waals surface area contributed by atoms with Gasteiger partial charge in [-0.2, -0.15) is 0 Å². The molecule has 0 bridgehead atoms. The van der Waals surface area contributed by atoms with Crippen molar-refractivity contribution in [3.63, 3.8) is 0 Å². The van der Waals surface area contributed by atoms with Crippen LogP contribution in [-0.2, 0) is 0 Å². The van der Waals surface area contributed by atoms with E-state index >= 15 is 0 Å². The van der Waals surface area contributed by atoms with Gasteiger partial charge in [0.2, 0.25) is 0 Å². The summed E-state index contributed by atoms with van der Waals surface area (Å²) in [6.45, 7) is 12.0. The van der Waals surface area contributed by atoms with Crippen molar-refractivity contribution < 1.29 is 0 Å². The van der Waals surface area contributed by atoms with Gasteiger partial charge in [0, 0.05) is 25.0 Å². The van der Waals surface area contributed by atoms with Crippen molar-refractivity contribution in [1.82, 2.24) is 9.88 Å². The lowest BCUT2D eigenvalue weighted by Crippen LogP contribution is -2.36. The highest BCUT2D eigenvalue weighted by Gasteiger charge is 2.19. The number of hydrogen-bond acceptors (Lipinski definition) is 3. The van der Waals surface area contributed by atoms with E-state index in [9.17, 15) is 0 Å². The van der Waals surface area contributed by atoms with Gasteiger partial charge < -0.3 is 5.73 Å². The topological polar surface area (TPSA) is 42.1 Å². The Kier molecular flexibility index (Phi) is 7.78. The molecule has 114 valence electrons. The molecule has 3 heteroatoms. The van der Waals surface area contributed by atoms with E-state index in [1.165, 1.54) is 18.4 Å². The molecule has 0 aliphatic rings. The highest BCUT2D eigenvalue weighted by molar-refractivity contribution is 5.14. The van der Waals surface area contributed by atoms with Gasteiger partial charge in [0.25, 0.3) is 0 Å². The van der Waals surface area contributed by atoms with Crippen LogP contribution in [0.2, 0.25) is 0 Å². The van der Waals surface area contributed by atoms with Gasteiger partial charge in [-0.15, -0.1) is 0 Å². The monoisotopic (exact) mass is 277 g/mol. The molecule has 1 heterocycles. The van der Waals surface area contributed by atoms with E-state index in [0.717, 1.165) is 24.9 Å². The lowest BCUT2D eigenvalue weighted by Gasteiger charge is -2.32. The lowest BCUT2D eigenvalue weighted by atomic mass is 10.0. The second-order valence-corrected chi connectivity index (χ2v) is 6.44. The van der Waals surface area contributed by atoms with Gasteiger partial charge in [0.15, 0.2) is 0 Å². The van der Waals surface area contributed by atoms with Crippen LogP contribution in [0.1, 0.15) is 52.1 Å². The number of hydrogen-bond donors (Lipinski definition) is 1. The highest BCUT2D eigenvalue weighted by atomic mass is 15.2. The largest absolute Gasteiger partial charge is 0.329 e. The predicted octanol–water partition coefficient (Wildman–Crippen LogP) is 3.48. The Morgan fingerprint density at radius 3 is 2.10 bits per heavy atom. The summed E-state index contributed by atoms with van der Waals surface area (Å²) in [4.78, 5) is 6.78. The average Bonchev–Trinajstić information content (AvgIpc) is 2.42. The fourth-order valence-corrected chi connectivity index (χ4v) is 2.34. The second kappa shape index (κ2) is 9.09. The normalized spacial score (nSPS) is 13.4. The Balaban J connectivity index is 2.76. The van der Waals surface area contributed by atoms with Gasteiger partial charge >= 0.3 is 0 Å².